The highest BCUT2D eigenvalue weighted by atomic mass is 35.5. The van der Waals surface area contributed by atoms with Crippen LogP contribution in [-0.2, 0) is 26.2 Å². The number of benzene rings is 2. The molecule has 1 aliphatic carbocycles. The number of nitrogens with one attached hydrogen (secondary N) is 1. The number of hydrogen-bond donors (Lipinski definition) is 1. The van der Waals surface area contributed by atoms with Crippen LogP contribution in [0.1, 0.15) is 44.6 Å². The van der Waals surface area contributed by atoms with Crippen LogP contribution in [-0.4, -0.2) is 50.0 Å². The first-order chi connectivity index (χ1) is 17.4. The van der Waals surface area contributed by atoms with Gasteiger partial charge in [-0.2, -0.15) is 0 Å². The molecule has 202 valence electrons. The first-order valence-electron chi connectivity index (χ1n) is 11.8. The lowest BCUT2D eigenvalue weighted by atomic mass is 9.95. The van der Waals surface area contributed by atoms with E-state index in [1.165, 1.54) is 23.1 Å². The van der Waals surface area contributed by atoms with Gasteiger partial charge in [0.15, 0.2) is 0 Å². The molecule has 0 aromatic heterocycles. The third-order valence-electron chi connectivity index (χ3n) is 6.37. The summed E-state index contributed by atoms with van der Waals surface area (Å²) < 4.78 is 26.3. The van der Waals surface area contributed by atoms with E-state index in [1.807, 2.05) is 0 Å². The zero-order valence-electron chi connectivity index (χ0n) is 20.5. The molecule has 0 saturated heterocycles. The molecule has 7 nitrogen and oxygen atoms in total. The lowest BCUT2D eigenvalue weighted by Gasteiger charge is -2.33. The van der Waals surface area contributed by atoms with Gasteiger partial charge in [0.25, 0.3) is 0 Å². The van der Waals surface area contributed by atoms with Crippen LogP contribution < -0.4 is 9.62 Å². The topological polar surface area (TPSA) is 86.8 Å². The van der Waals surface area contributed by atoms with Gasteiger partial charge in [-0.3, -0.25) is 13.9 Å². The van der Waals surface area contributed by atoms with Crippen LogP contribution in [0.2, 0.25) is 20.1 Å². The van der Waals surface area contributed by atoms with Crippen molar-refractivity contribution in [1.82, 2.24) is 10.2 Å². The van der Waals surface area contributed by atoms with E-state index < -0.39 is 28.5 Å². The Morgan fingerprint density at radius 2 is 1.62 bits per heavy atom. The zero-order chi connectivity index (χ0) is 27.3. The van der Waals surface area contributed by atoms with E-state index in [2.05, 4.69) is 5.32 Å². The highest BCUT2D eigenvalue weighted by Crippen LogP contribution is 2.31. The number of sulfonamides is 1. The Bertz CT molecular complexity index is 1230. The first-order valence-corrected chi connectivity index (χ1v) is 15.2. The van der Waals surface area contributed by atoms with Gasteiger partial charge >= 0.3 is 0 Å². The Morgan fingerprint density at radius 3 is 2.19 bits per heavy atom. The Morgan fingerprint density at radius 1 is 1.00 bits per heavy atom. The predicted molar refractivity (Wildman–Crippen MR) is 150 cm³/mol. The lowest BCUT2D eigenvalue weighted by molar-refractivity contribution is -0.139. The summed E-state index contributed by atoms with van der Waals surface area (Å²) in [4.78, 5) is 28.2. The van der Waals surface area contributed by atoms with Gasteiger partial charge in [-0.05, 0) is 50.1 Å². The highest BCUT2D eigenvalue weighted by Gasteiger charge is 2.32. The molecule has 1 N–H and O–H groups in total. The molecule has 0 spiro atoms. The molecule has 0 heterocycles. The molecule has 2 amide bonds. The number of hydrogen-bond acceptors (Lipinski definition) is 4. The average Bonchev–Trinajstić information content (AvgIpc) is 2.82. The average molecular weight is 609 g/mol. The summed E-state index contributed by atoms with van der Waals surface area (Å²) in [5, 5.41) is 4.06. The van der Waals surface area contributed by atoms with Gasteiger partial charge in [-0.1, -0.05) is 71.7 Å². The number of carbonyl (C=O) groups excluding carboxylic acids is 2. The summed E-state index contributed by atoms with van der Waals surface area (Å²) in [6.07, 6.45) is 5.91. The van der Waals surface area contributed by atoms with Crippen LogP contribution in [0.3, 0.4) is 0 Å². The van der Waals surface area contributed by atoms with Gasteiger partial charge in [-0.25, -0.2) is 8.42 Å². The number of nitrogens with zero attached hydrogens (tertiary/aromatic N) is 2. The normalized spacial score (nSPS) is 15.2. The first kappa shape index (κ1) is 29.8. The number of rotatable bonds is 9. The minimum Gasteiger partial charge on any atom is -0.352 e. The Kier molecular flexibility index (Phi) is 10.4. The monoisotopic (exact) mass is 607 g/mol. The third-order valence-corrected chi connectivity index (χ3v) is 8.74. The fraction of sp³-hybridized carbons (Fsp3) is 0.440. The van der Waals surface area contributed by atoms with Crippen molar-refractivity contribution in [2.75, 3.05) is 17.1 Å². The molecule has 1 fully saturated rings. The molecule has 3 rings (SSSR count). The summed E-state index contributed by atoms with van der Waals surface area (Å²) in [7, 11) is -3.93. The maximum absolute atomic E-state index is 13.7. The largest absolute Gasteiger partial charge is 0.352 e. The van der Waals surface area contributed by atoms with E-state index in [-0.39, 0.29) is 29.2 Å². The third kappa shape index (κ3) is 7.90. The molecule has 37 heavy (non-hydrogen) atoms. The maximum Gasteiger partial charge on any atom is 0.244 e. The summed E-state index contributed by atoms with van der Waals surface area (Å²) >= 11 is 25.0. The molecule has 2 aromatic rings. The summed E-state index contributed by atoms with van der Waals surface area (Å²) in [6, 6.07) is 8.34. The van der Waals surface area contributed by atoms with Crippen LogP contribution in [0, 0.1) is 0 Å². The maximum atomic E-state index is 13.7. The molecule has 0 bridgehead atoms. The van der Waals surface area contributed by atoms with E-state index >= 15 is 0 Å². The molecule has 0 radical (unpaired) electrons. The van der Waals surface area contributed by atoms with Gasteiger partial charge in [0.1, 0.15) is 12.6 Å². The molecule has 1 saturated carbocycles. The molecule has 1 aliphatic rings. The predicted octanol–water partition coefficient (Wildman–Crippen LogP) is 5.93. The Hall–Kier alpha value is -1.71. The second-order valence-corrected chi connectivity index (χ2v) is 12.7. The van der Waals surface area contributed by atoms with Crippen molar-refractivity contribution in [2.45, 2.75) is 57.7 Å². The summed E-state index contributed by atoms with van der Waals surface area (Å²) in [5.74, 6) is -0.961. The van der Waals surface area contributed by atoms with E-state index in [1.54, 1.807) is 25.1 Å². The van der Waals surface area contributed by atoms with Crippen LogP contribution in [0.15, 0.2) is 36.4 Å². The number of carbonyl (C=O) groups is 2. The lowest BCUT2D eigenvalue weighted by Crippen LogP contribution is -2.53. The number of anilines is 1. The molecular weight excluding hydrogens is 580 g/mol. The quantitative estimate of drug-likeness (QED) is 0.382. The van der Waals surface area contributed by atoms with Crippen LogP contribution in [0.25, 0.3) is 0 Å². The highest BCUT2D eigenvalue weighted by molar-refractivity contribution is 7.92. The number of halogens is 4. The molecule has 0 aliphatic heterocycles. The molecule has 1 atom stereocenters. The van der Waals surface area contributed by atoms with Crippen LogP contribution >= 0.6 is 46.4 Å². The second-order valence-electron chi connectivity index (χ2n) is 9.11. The molecule has 2 aromatic carbocycles. The van der Waals surface area contributed by atoms with Gasteiger partial charge in [0.05, 0.1) is 17.0 Å². The Labute approximate surface area is 238 Å². The van der Waals surface area contributed by atoms with Crippen molar-refractivity contribution in [1.29, 1.82) is 0 Å². The molecule has 12 heteroatoms. The summed E-state index contributed by atoms with van der Waals surface area (Å²) in [5.41, 5.74) is 0.545. The van der Waals surface area contributed by atoms with Crippen LogP contribution in [0.4, 0.5) is 5.69 Å². The molecular formula is C25H29Cl4N3O4S. The molecule has 0 unspecified atom stereocenters. The van der Waals surface area contributed by atoms with E-state index in [0.29, 0.717) is 20.6 Å². The fourth-order valence-corrected chi connectivity index (χ4v) is 6.22. The van der Waals surface area contributed by atoms with Crippen molar-refractivity contribution < 1.29 is 18.0 Å². The van der Waals surface area contributed by atoms with Gasteiger partial charge in [0, 0.05) is 33.2 Å². The second kappa shape index (κ2) is 12.9. The minimum atomic E-state index is -3.93. The van der Waals surface area contributed by atoms with Crippen molar-refractivity contribution in [2.24, 2.45) is 0 Å². The zero-order valence-corrected chi connectivity index (χ0v) is 24.4. The van der Waals surface area contributed by atoms with Gasteiger partial charge in [0.2, 0.25) is 21.8 Å². The van der Waals surface area contributed by atoms with Gasteiger partial charge in [-0.15, -0.1) is 0 Å². The van der Waals surface area contributed by atoms with Crippen molar-refractivity contribution in [3.63, 3.8) is 0 Å². The smallest absolute Gasteiger partial charge is 0.244 e. The SMILES string of the molecule is C[C@H](C(=O)NC1CCCCC1)N(Cc1c(Cl)cccc1Cl)C(=O)CN(c1ccc(Cl)cc1Cl)S(C)(=O)=O. The standard InChI is InChI=1S/C25H29Cl4N3O4S/c1-16(25(34)30-18-7-4-3-5-8-18)31(14-19-20(27)9-6-10-21(19)28)24(33)15-32(37(2,35)36)23-12-11-17(26)13-22(23)29/h6,9-13,16,18H,3-5,7-8,14-15H2,1-2H3,(H,30,34)/t16-/m1/s1. The minimum absolute atomic E-state index is 0.0324. The fourth-order valence-electron chi connectivity index (χ4n) is 4.28. The van der Waals surface area contributed by atoms with Crippen molar-refractivity contribution in [3.05, 3.63) is 62.1 Å². The van der Waals surface area contributed by atoms with Crippen molar-refractivity contribution in [3.8, 4) is 0 Å². The van der Waals surface area contributed by atoms with E-state index in [0.717, 1.165) is 42.7 Å². The van der Waals surface area contributed by atoms with Crippen molar-refractivity contribution >= 4 is 73.9 Å². The van der Waals surface area contributed by atoms with Gasteiger partial charge < -0.3 is 10.2 Å². The Balaban J connectivity index is 1.94. The van der Waals surface area contributed by atoms with Crippen LogP contribution in [0.5, 0.6) is 0 Å². The van der Waals surface area contributed by atoms with E-state index in [9.17, 15) is 18.0 Å². The summed E-state index contributed by atoms with van der Waals surface area (Å²) in [6.45, 7) is 0.909. The number of amides is 2. The van der Waals surface area contributed by atoms with E-state index in [4.69, 9.17) is 46.4 Å².